The Kier molecular flexibility index (Phi) is 3.80. The topological polar surface area (TPSA) is 75.6 Å². The quantitative estimate of drug-likeness (QED) is 0.721. The molecule has 0 aromatic heterocycles. The summed E-state index contributed by atoms with van der Waals surface area (Å²) in [4.78, 5) is 22.8. The Bertz CT molecular complexity index is 331. The molecule has 0 atom stereocenters. The summed E-state index contributed by atoms with van der Waals surface area (Å²) in [7, 11) is 0. The molecule has 1 rings (SSSR count). The number of carboxylic acids is 1. The molecule has 1 aliphatic rings. The van der Waals surface area contributed by atoms with Crippen LogP contribution in [0, 0.1) is 5.41 Å². The highest BCUT2D eigenvalue weighted by molar-refractivity contribution is 5.78. The van der Waals surface area contributed by atoms with E-state index in [1.807, 2.05) is 0 Å². The first-order valence-corrected chi connectivity index (χ1v) is 5.65. The lowest BCUT2D eigenvalue weighted by molar-refractivity contribution is -0.154. The smallest absolute Gasteiger partial charge is 0.407 e. The molecule has 5 nitrogen and oxygen atoms in total. The number of nitrogens with one attached hydrogen (secondary N) is 1. The van der Waals surface area contributed by atoms with Gasteiger partial charge in [0, 0.05) is 0 Å². The predicted octanol–water partition coefficient (Wildman–Crippen LogP) is 1.93. The number of carbonyl (C=O) groups excluding carboxylic acids is 1. The molecule has 5 heteroatoms. The zero-order valence-corrected chi connectivity index (χ0v) is 10.3. The highest BCUT2D eigenvalue weighted by atomic mass is 16.5. The van der Waals surface area contributed by atoms with E-state index in [-0.39, 0.29) is 6.61 Å². The van der Waals surface area contributed by atoms with Crippen molar-refractivity contribution in [2.75, 3.05) is 6.61 Å². The summed E-state index contributed by atoms with van der Waals surface area (Å²) in [5.41, 5.74) is -1.70. The summed E-state index contributed by atoms with van der Waals surface area (Å²) in [5, 5.41) is 11.9. The number of carboxylic acid groups (broad SMARTS) is 1. The molecule has 0 unspecified atom stereocenters. The lowest BCUT2D eigenvalue weighted by Gasteiger charge is -2.50. The molecule has 0 saturated heterocycles. The number of ether oxygens (including phenoxy) is 1. The van der Waals surface area contributed by atoms with Gasteiger partial charge in [-0.2, -0.15) is 0 Å². The van der Waals surface area contributed by atoms with Crippen molar-refractivity contribution in [3.8, 4) is 0 Å². The van der Waals surface area contributed by atoms with Crippen molar-refractivity contribution in [1.29, 1.82) is 0 Å². The highest BCUT2D eigenvalue weighted by Crippen LogP contribution is 2.46. The maximum Gasteiger partial charge on any atom is 0.407 e. The van der Waals surface area contributed by atoms with Crippen LogP contribution in [0.2, 0.25) is 0 Å². The number of hydrogen-bond acceptors (Lipinski definition) is 3. The summed E-state index contributed by atoms with van der Waals surface area (Å²) >= 11 is 0. The van der Waals surface area contributed by atoms with E-state index >= 15 is 0 Å². The number of alkyl carbamates (subject to hydrolysis) is 1. The molecule has 2 N–H and O–H groups in total. The number of rotatable bonds is 5. The molecule has 0 radical (unpaired) electrons. The predicted molar refractivity (Wildman–Crippen MR) is 62.7 cm³/mol. The first kappa shape index (κ1) is 13.5. The van der Waals surface area contributed by atoms with E-state index in [9.17, 15) is 14.7 Å². The number of carbonyl (C=O) groups is 2. The Morgan fingerprint density at radius 1 is 1.53 bits per heavy atom. The summed E-state index contributed by atoms with van der Waals surface area (Å²) in [6.45, 7) is 6.82. The van der Waals surface area contributed by atoms with Crippen molar-refractivity contribution >= 4 is 12.1 Å². The van der Waals surface area contributed by atoms with Gasteiger partial charge in [0.15, 0.2) is 0 Å². The molecular formula is C12H19NO4. The highest BCUT2D eigenvalue weighted by Gasteiger charge is 2.55. The van der Waals surface area contributed by atoms with Gasteiger partial charge in [0.2, 0.25) is 0 Å². The Hall–Kier alpha value is -1.52. The lowest BCUT2D eigenvalue weighted by Crippen LogP contribution is -2.64. The normalized spacial score (nSPS) is 17.8. The average Bonchev–Trinajstić information content (AvgIpc) is 2.19. The van der Waals surface area contributed by atoms with Gasteiger partial charge in [-0.05, 0) is 33.1 Å². The molecule has 1 amide bonds. The van der Waals surface area contributed by atoms with Gasteiger partial charge in [0.1, 0.15) is 6.61 Å². The molecule has 17 heavy (non-hydrogen) atoms. The van der Waals surface area contributed by atoms with Gasteiger partial charge in [-0.3, -0.25) is 4.79 Å². The molecule has 0 aliphatic heterocycles. The van der Waals surface area contributed by atoms with Crippen LogP contribution in [0.15, 0.2) is 12.7 Å². The fraction of sp³-hybridized carbons (Fsp3) is 0.667. The van der Waals surface area contributed by atoms with Crippen molar-refractivity contribution < 1.29 is 19.4 Å². The van der Waals surface area contributed by atoms with E-state index in [1.54, 1.807) is 13.8 Å². The first-order valence-electron chi connectivity index (χ1n) is 5.65. The van der Waals surface area contributed by atoms with Crippen LogP contribution in [-0.2, 0) is 9.53 Å². The summed E-state index contributed by atoms with van der Waals surface area (Å²) in [6, 6.07) is 0. The Balaban J connectivity index is 2.73. The van der Waals surface area contributed by atoms with E-state index in [0.29, 0.717) is 12.8 Å². The number of amides is 1. The second-order valence-electron chi connectivity index (χ2n) is 4.88. The average molecular weight is 241 g/mol. The van der Waals surface area contributed by atoms with Crippen LogP contribution in [0.5, 0.6) is 0 Å². The van der Waals surface area contributed by atoms with Crippen molar-refractivity contribution in [2.45, 2.75) is 38.6 Å². The Labute approximate surface area is 101 Å². The van der Waals surface area contributed by atoms with Crippen molar-refractivity contribution in [1.82, 2.24) is 5.32 Å². The second-order valence-corrected chi connectivity index (χ2v) is 4.88. The van der Waals surface area contributed by atoms with Crippen LogP contribution >= 0.6 is 0 Å². The maximum absolute atomic E-state index is 11.5. The molecule has 96 valence electrons. The van der Waals surface area contributed by atoms with E-state index in [2.05, 4.69) is 11.9 Å². The largest absolute Gasteiger partial charge is 0.481 e. The molecule has 1 aliphatic carbocycles. The number of aliphatic carboxylic acids is 1. The fourth-order valence-corrected chi connectivity index (χ4v) is 2.01. The minimum absolute atomic E-state index is 0.120. The minimum atomic E-state index is -1.00. The second kappa shape index (κ2) is 4.77. The summed E-state index contributed by atoms with van der Waals surface area (Å²) in [6.07, 6.45) is 3.12. The summed E-state index contributed by atoms with van der Waals surface area (Å²) in [5.74, 6) is -0.916. The van der Waals surface area contributed by atoms with Crippen molar-refractivity contribution in [3.63, 3.8) is 0 Å². The molecule has 0 spiro atoms. The van der Waals surface area contributed by atoms with Crippen LogP contribution in [0.1, 0.15) is 33.1 Å². The van der Waals surface area contributed by atoms with Crippen LogP contribution in [0.25, 0.3) is 0 Å². The molecular weight excluding hydrogens is 222 g/mol. The molecule has 0 aromatic rings. The van der Waals surface area contributed by atoms with Crippen LogP contribution < -0.4 is 5.32 Å². The Morgan fingerprint density at radius 3 is 2.47 bits per heavy atom. The number of hydrogen-bond donors (Lipinski definition) is 2. The van der Waals surface area contributed by atoms with Gasteiger partial charge in [0.25, 0.3) is 0 Å². The van der Waals surface area contributed by atoms with Gasteiger partial charge in [0.05, 0.1) is 11.0 Å². The van der Waals surface area contributed by atoms with Gasteiger partial charge in [-0.15, -0.1) is 0 Å². The molecule has 1 saturated carbocycles. The van der Waals surface area contributed by atoms with Crippen LogP contribution in [-0.4, -0.2) is 29.3 Å². The third-order valence-electron chi connectivity index (χ3n) is 3.61. The van der Waals surface area contributed by atoms with Crippen LogP contribution in [0.4, 0.5) is 4.79 Å². The molecule has 1 fully saturated rings. The minimum Gasteiger partial charge on any atom is -0.481 e. The molecule has 0 heterocycles. The zero-order chi connectivity index (χ0) is 13.1. The molecule has 0 bridgehead atoms. The van der Waals surface area contributed by atoms with E-state index < -0.39 is 23.0 Å². The van der Waals surface area contributed by atoms with Crippen molar-refractivity contribution in [3.05, 3.63) is 12.7 Å². The third-order valence-corrected chi connectivity index (χ3v) is 3.61. The van der Waals surface area contributed by atoms with Gasteiger partial charge in [-0.25, -0.2) is 4.79 Å². The van der Waals surface area contributed by atoms with Gasteiger partial charge < -0.3 is 15.2 Å². The van der Waals surface area contributed by atoms with E-state index in [4.69, 9.17) is 4.74 Å². The van der Waals surface area contributed by atoms with Gasteiger partial charge >= 0.3 is 12.1 Å². The standard InChI is InChI=1S/C12H19NO4/c1-4-8-17-10(16)13-12(6-5-7-12)11(2,3)9(14)15/h4H,1,5-8H2,2-3H3,(H,13,16)(H,14,15). The fourth-order valence-electron chi connectivity index (χ4n) is 2.01. The maximum atomic E-state index is 11.5. The molecule has 0 aromatic carbocycles. The lowest BCUT2D eigenvalue weighted by atomic mass is 9.60. The SMILES string of the molecule is C=CCOC(=O)NC1(C(C)(C)C(=O)O)CCC1. The van der Waals surface area contributed by atoms with Gasteiger partial charge in [-0.1, -0.05) is 12.7 Å². The van der Waals surface area contributed by atoms with Crippen molar-refractivity contribution in [2.24, 2.45) is 5.41 Å². The van der Waals surface area contributed by atoms with E-state index in [1.165, 1.54) is 6.08 Å². The Morgan fingerprint density at radius 2 is 2.12 bits per heavy atom. The monoisotopic (exact) mass is 241 g/mol. The summed E-state index contributed by atoms with van der Waals surface area (Å²) < 4.78 is 4.84. The van der Waals surface area contributed by atoms with E-state index in [0.717, 1.165) is 6.42 Å². The van der Waals surface area contributed by atoms with Crippen LogP contribution in [0.3, 0.4) is 0 Å². The zero-order valence-electron chi connectivity index (χ0n) is 10.3. The third kappa shape index (κ3) is 2.43. The first-order chi connectivity index (χ1) is 7.85.